The number of nitrogens with zero attached hydrogens (tertiary/aromatic N) is 2. The van der Waals surface area contributed by atoms with E-state index in [1.807, 2.05) is 17.7 Å². The standard InChI is InChI=1S/C25H34FN3O2/c1-14-12-25(3,4)13-21-22(14)15(2)28-29(21)18-10-17(23(24(27)31)20(26)11-18)9-16-5-7-19(30)8-6-16/h10-11,14,16,19,30H,5-9,12-13H2,1-4H3,(H2,27,31). The number of carbonyl (C=O) groups is 1. The van der Waals surface area contributed by atoms with Crippen LogP contribution in [0, 0.1) is 24.1 Å². The number of fused-ring (bicyclic) bond motifs is 1. The van der Waals surface area contributed by atoms with Gasteiger partial charge in [0.2, 0.25) is 0 Å². The quantitative estimate of drug-likeness (QED) is 0.749. The van der Waals surface area contributed by atoms with Gasteiger partial charge in [-0.2, -0.15) is 5.10 Å². The molecule has 1 aromatic carbocycles. The fourth-order valence-corrected chi connectivity index (χ4v) is 5.94. The first-order valence-corrected chi connectivity index (χ1v) is 11.4. The van der Waals surface area contributed by atoms with Gasteiger partial charge in [-0.1, -0.05) is 20.8 Å². The SMILES string of the molecule is Cc1nn(-c2cc(F)c(C(N)=O)c(CC3CCC(O)CC3)c2)c2c1C(C)CC(C)(C)C2. The highest BCUT2D eigenvalue weighted by atomic mass is 19.1. The first kappa shape index (κ1) is 22.0. The van der Waals surface area contributed by atoms with E-state index in [1.165, 1.54) is 11.6 Å². The van der Waals surface area contributed by atoms with E-state index >= 15 is 4.39 Å². The Morgan fingerprint density at radius 2 is 1.97 bits per heavy atom. The van der Waals surface area contributed by atoms with Gasteiger partial charge in [-0.05, 0) is 86.3 Å². The van der Waals surface area contributed by atoms with Crippen LogP contribution in [0.3, 0.4) is 0 Å². The van der Waals surface area contributed by atoms with Gasteiger partial charge in [-0.15, -0.1) is 0 Å². The summed E-state index contributed by atoms with van der Waals surface area (Å²) < 4.78 is 17.0. The second-order valence-electron chi connectivity index (χ2n) is 10.5. The third-order valence-electron chi connectivity index (χ3n) is 7.18. The van der Waals surface area contributed by atoms with E-state index in [-0.39, 0.29) is 17.1 Å². The van der Waals surface area contributed by atoms with Crippen LogP contribution in [-0.2, 0) is 12.8 Å². The third-order valence-corrected chi connectivity index (χ3v) is 7.18. The van der Waals surface area contributed by atoms with Gasteiger partial charge in [0.1, 0.15) is 5.82 Å². The molecule has 1 fully saturated rings. The number of hydrogen-bond donors (Lipinski definition) is 2. The number of aryl methyl sites for hydroxylation is 1. The summed E-state index contributed by atoms with van der Waals surface area (Å²) in [5.74, 6) is -0.608. The summed E-state index contributed by atoms with van der Waals surface area (Å²) in [7, 11) is 0. The Morgan fingerprint density at radius 3 is 2.61 bits per heavy atom. The molecule has 0 radical (unpaired) electrons. The fourth-order valence-electron chi connectivity index (χ4n) is 5.94. The minimum atomic E-state index is -0.733. The van der Waals surface area contributed by atoms with Crippen LogP contribution in [0.2, 0.25) is 0 Å². The molecule has 1 aromatic heterocycles. The molecule has 6 heteroatoms. The van der Waals surface area contributed by atoms with E-state index in [0.29, 0.717) is 29.5 Å². The maximum atomic E-state index is 15.1. The molecule has 0 bridgehead atoms. The van der Waals surface area contributed by atoms with Gasteiger partial charge in [-0.25, -0.2) is 9.07 Å². The molecule has 2 aromatic rings. The number of halogens is 1. The Bertz CT molecular complexity index is 1000. The average molecular weight is 428 g/mol. The van der Waals surface area contributed by atoms with Crippen molar-refractivity contribution < 1.29 is 14.3 Å². The molecule has 0 saturated heterocycles. The maximum Gasteiger partial charge on any atom is 0.251 e. The van der Waals surface area contributed by atoms with Gasteiger partial charge in [-0.3, -0.25) is 4.79 Å². The number of aliphatic hydroxyl groups excluding tert-OH is 1. The molecule has 1 amide bonds. The maximum absolute atomic E-state index is 15.1. The van der Waals surface area contributed by atoms with E-state index < -0.39 is 11.7 Å². The lowest BCUT2D eigenvalue weighted by Crippen LogP contribution is -2.26. The van der Waals surface area contributed by atoms with Crippen LogP contribution in [0.15, 0.2) is 12.1 Å². The summed E-state index contributed by atoms with van der Waals surface area (Å²) >= 11 is 0. The van der Waals surface area contributed by atoms with E-state index in [9.17, 15) is 9.90 Å². The van der Waals surface area contributed by atoms with Gasteiger partial charge in [0.15, 0.2) is 0 Å². The molecular weight excluding hydrogens is 393 g/mol. The number of benzene rings is 1. The van der Waals surface area contributed by atoms with E-state index in [4.69, 9.17) is 10.8 Å². The highest BCUT2D eigenvalue weighted by Gasteiger charge is 2.35. The van der Waals surface area contributed by atoms with Gasteiger partial charge in [0.25, 0.3) is 5.91 Å². The first-order valence-electron chi connectivity index (χ1n) is 11.4. The largest absolute Gasteiger partial charge is 0.393 e. The Labute approximate surface area is 183 Å². The third kappa shape index (κ3) is 4.27. The van der Waals surface area contributed by atoms with Gasteiger partial charge in [0, 0.05) is 11.8 Å². The van der Waals surface area contributed by atoms with E-state index in [0.717, 1.165) is 49.9 Å². The van der Waals surface area contributed by atoms with Gasteiger partial charge in [0.05, 0.1) is 23.0 Å². The zero-order valence-corrected chi connectivity index (χ0v) is 19.0. The normalized spacial score (nSPS) is 25.3. The molecule has 0 aliphatic heterocycles. The predicted octanol–water partition coefficient (Wildman–Crippen LogP) is 4.59. The van der Waals surface area contributed by atoms with Crippen molar-refractivity contribution in [3.63, 3.8) is 0 Å². The van der Waals surface area contributed by atoms with Crippen molar-refractivity contribution in [1.29, 1.82) is 0 Å². The number of rotatable bonds is 4. The van der Waals surface area contributed by atoms with Crippen LogP contribution in [0.25, 0.3) is 5.69 Å². The Kier molecular flexibility index (Phi) is 5.71. The molecule has 1 saturated carbocycles. The van der Waals surface area contributed by atoms with E-state index in [1.54, 1.807) is 0 Å². The molecule has 4 rings (SSSR count). The number of hydrogen-bond acceptors (Lipinski definition) is 3. The highest BCUT2D eigenvalue weighted by molar-refractivity contribution is 5.95. The van der Waals surface area contributed by atoms with Crippen LogP contribution in [0.1, 0.15) is 91.7 Å². The summed E-state index contributed by atoms with van der Waals surface area (Å²) in [4.78, 5) is 12.1. The second-order valence-corrected chi connectivity index (χ2v) is 10.5. The van der Waals surface area contributed by atoms with Crippen LogP contribution in [0.4, 0.5) is 4.39 Å². The Balaban J connectivity index is 1.78. The van der Waals surface area contributed by atoms with Crippen molar-refractivity contribution in [2.75, 3.05) is 0 Å². The fraction of sp³-hybridized carbons (Fsp3) is 0.600. The van der Waals surface area contributed by atoms with E-state index in [2.05, 4.69) is 20.8 Å². The number of amides is 1. The zero-order valence-electron chi connectivity index (χ0n) is 19.0. The molecule has 31 heavy (non-hydrogen) atoms. The summed E-state index contributed by atoms with van der Waals surface area (Å²) in [6, 6.07) is 3.29. The number of nitrogens with two attached hydrogens (primary N) is 1. The monoisotopic (exact) mass is 427 g/mol. The minimum Gasteiger partial charge on any atom is -0.393 e. The van der Waals surface area contributed by atoms with Crippen molar-refractivity contribution in [1.82, 2.24) is 9.78 Å². The molecule has 5 nitrogen and oxygen atoms in total. The molecule has 1 atom stereocenters. The predicted molar refractivity (Wildman–Crippen MR) is 119 cm³/mol. The molecule has 1 unspecified atom stereocenters. The molecule has 0 spiro atoms. The van der Waals surface area contributed by atoms with Crippen molar-refractivity contribution in [2.45, 2.75) is 84.7 Å². The molecule has 2 aliphatic carbocycles. The Hall–Kier alpha value is -2.21. The van der Waals surface area contributed by atoms with Crippen LogP contribution < -0.4 is 5.73 Å². The minimum absolute atomic E-state index is 0.0127. The summed E-state index contributed by atoms with van der Waals surface area (Å²) in [6.45, 7) is 8.78. The summed E-state index contributed by atoms with van der Waals surface area (Å²) in [5.41, 5.74) is 10.4. The second kappa shape index (κ2) is 8.05. The number of carbonyl (C=O) groups excluding carboxylic acids is 1. The number of aromatic nitrogens is 2. The topological polar surface area (TPSA) is 81.1 Å². The van der Waals surface area contributed by atoms with Crippen molar-refractivity contribution >= 4 is 5.91 Å². The van der Waals surface area contributed by atoms with Crippen LogP contribution in [-0.4, -0.2) is 26.9 Å². The average Bonchev–Trinajstić information content (AvgIpc) is 2.98. The molecule has 168 valence electrons. The lowest BCUT2D eigenvalue weighted by Gasteiger charge is -2.34. The summed E-state index contributed by atoms with van der Waals surface area (Å²) in [5, 5.41) is 14.6. The molecule has 2 aliphatic rings. The summed E-state index contributed by atoms with van der Waals surface area (Å²) in [6.07, 6.45) is 5.54. The smallest absolute Gasteiger partial charge is 0.251 e. The zero-order chi connectivity index (χ0) is 22.5. The van der Waals surface area contributed by atoms with Crippen LogP contribution in [0.5, 0.6) is 0 Å². The molecular formula is C25H34FN3O2. The first-order chi connectivity index (χ1) is 14.6. The van der Waals surface area contributed by atoms with Crippen LogP contribution >= 0.6 is 0 Å². The van der Waals surface area contributed by atoms with Crippen molar-refractivity contribution in [2.24, 2.45) is 17.1 Å². The van der Waals surface area contributed by atoms with Gasteiger partial charge >= 0.3 is 0 Å². The molecule has 3 N–H and O–H groups in total. The van der Waals surface area contributed by atoms with Crippen molar-refractivity contribution in [3.05, 3.63) is 46.0 Å². The highest BCUT2D eigenvalue weighted by Crippen LogP contribution is 2.44. The number of aliphatic hydroxyl groups is 1. The Morgan fingerprint density at radius 1 is 1.29 bits per heavy atom. The van der Waals surface area contributed by atoms with Gasteiger partial charge < -0.3 is 10.8 Å². The van der Waals surface area contributed by atoms with Crippen molar-refractivity contribution in [3.8, 4) is 5.69 Å². The lowest BCUT2D eigenvalue weighted by atomic mass is 9.71. The number of primary amides is 1. The lowest BCUT2D eigenvalue weighted by molar-refractivity contribution is 0.0990. The molecule has 1 heterocycles.